The Morgan fingerprint density at radius 1 is 1.14 bits per heavy atom. The third-order valence-electron chi connectivity index (χ3n) is 4.55. The van der Waals surface area contributed by atoms with Crippen LogP contribution in [0.3, 0.4) is 0 Å². The zero-order valence-corrected chi connectivity index (χ0v) is 13.2. The molecule has 1 unspecified atom stereocenters. The fourth-order valence-electron chi connectivity index (χ4n) is 3.23. The van der Waals surface area contributed by atoms with E-state index in [0.717, 1.165) is 13.1 Å². The van der Waals surface area contributed by atoms with Gasteiger partial charge in [-0.15, -0.1) is 0 Å². The van der Waals surface area contributed by atoms with Crippen molar-refractivity contribution < 1.29 is 0 Å². The van der Waals surface area contributed by atoms with E-state index in [1.54, 1.807) is 0 Å². The van der Waals surface area contributed by atoms with Gasteiger partial charge in [-0.1, -0.05) is 36.4 Å². The number of benzene rings is 2. The molecule has 0 amide bonds. The molecule has 2 aromatic carbocycles. The van der Waals surface area contributed by atoms with Gasteiger partial charge in [-0.05, 0) is 55.6 Å². The van der Waals surface area contributed by atoms with E-state index in [-0.39, 0.29) is 0 Å². The van der Waals surface area contributed by atoms with Crippen molar-refractivity contribution in [1.82, 2.24) is 10.2 Å². The largest absolute Gasteiger partial charge is 0.313 e. The summed E-state index contributed by atoms with van der Waals surface area (Å²) in [7, 11) is 0. The Hall–Kier alpha value is -1.38. The van der Waals surface area contributed by atoms with E-state index >= 15 is 0 Å². The molecule has 112 valence electrons. The molecule has 2 nitrogen and oxygen atoms in total. The molecule has 0 bridgehead atoms. The second-order valence-corrected chi connectivity index (χ2v) is 6.50. The van der Waals surface area contributed by atoms with E-state index in [9.17, 15) is 0 Å². The number of hydrogen-bond acceptors (Lipinski definition) is 2. The van der Waals surface area contributed by atoms with Crippen LogP contribution in [0.1, 0.15) is 32.3 Å². The maximum absolute atomic E-state index is 3.62. The maximum atomic E-state index is 3.62. The van der Waals surface area contributed by atoms with Crippen LogP contribution >= 0.6 is 0 Å². The lowest BCUT2D eigenvalue weighted by atomic mass is 10.1. The molecule has 2 heteroatoms. The van der Waals surface area contributed by atoms with Crippen LogP contribution in [-0.2, 0) is 6.54 Å². The average Bonchev–Trinajstić information content (AvgIpc) is 2.99. The van der Waals surface area contributed by atoms with Gasteiger partial charge in [-0.25, -0.2) is 0 Å². The van der Waals surface area contributed by atoms with Crippen LogP contribution in [0.4, 0.5) is 0 Å². The first-order valence-electron chi connectivity index (χ1n) is 8.17. The summed E-state index contributed by atoms with van der Waals surface area (Å²) in [6, 6.07) is 16.7. The molecule has 2 aromatic rings. The molecule has 0 aromatic heterocycles. The van der Waals surface area contributed by atoms with Gasteiger partial charge in [0.1, 0.15) is 0 Å². The minimum atomic E-state index is 0.582. The molecule has 1 fully saturated rings. The standard InChI is InChI=1S/C19H26N2/c1-15(2)21(14-19-8-5-11-20-19)13-16-9-10-17-6-3-4-7-18(17)12-16/h3-4,6-7,9-10,12,15,19-20H,5,8,11,13-14H2,1-2H3. The van der Waals surface area contributed by atoms with Gasteiger partial charge in [0.2, 0.25) is 0 Å². The number of nitrogens with one attached hydrogen (secondary N) is 1. The van der Waals surface area contributed by atoms with Crippen molar-refractivity contribution in [2.24, 2.45) is 0 Å². The van der Waals surface area contributed by atoms with Crippen molar-refractivity contribution in [3.8, 4) is 0 Å². The average molecular weight is 282 g/mol. The summed E-state index contributed by atoms with van der Waals surface area (Å²) in [6.07, 6.45) is 2.65. The predicted molar refractivity (Wildman–Crippen MR) is 90.5 cm³/mol. The first kappa shape index (κ1) is 14.6. The van der Waals surface area contributed by atoms with Gasteiger partial charge in [0.25, 0.3) is 0 Å². The molecule has 1 N–H and O–H groups in total. The highest BCUT2D eigenvalue weighted by atomic mass is 15.2. The molecule has 1 heterocycles. The van der Waals surface area contributed by atoms with E-state index in [1.165, 1.54) is 35.7 Å². The van der Waals surface area contributed by atoms with Gasteiger partial charge in [0.05, 0.1) is 0 Å². The highest BCUT2D eigenvalue weighted by molar-refractivity contribution is 5.82. The monoisotopic (exact) mass is 282 g/mol. The number of hydrogen-bond donors (Lipinski definition) is 1. The third kappa shape index (κ3) is 3.63. The maximum Gasteiger partial charge on any atom is 0.0237 e. The Morgan fingerprint density at radius 3 is 2.67 bits per heavy atom. The molecule has 0 spiro atoms. The van der Waals surface area contributed by atoms with Gasteiger partial charge < -0.3 is 5.32 Å². The van der Waals surface area contributed by atoms with Crippen LogP contribution in [0.15, 0.2) is 42.5 Å². The van der Waals surface area contributed by atoms with Crippen molar-refractivity contribution in [3.63, 3.8) is 0 Å². The van der Waals surface area contributed by atoms with Crippen molar-refractivity contribution in [2.75, 3.05) is 13.1 Å². The van der Waals surface area contributed by atoms with Crippen LogP contribution in [0, 0.1) is 0 Å². The summed E-state index contributed by atoms with van der Waals surface area (Å²) < 4.78 is 0. The second kappa shape index (κ2) is 6.59. The Morgan fingerprint density at radius 2 is 1.95 bits per heavy atom. The normalized spacial score (nSPS) is 19.0. The molecule has 0 radical (unpaired) electrons. The third-order valence-corrected chi connectivity index (χ3v) is 4.55. The molecule has 0 aliphatic carbocycles. The lowest BCUT2D eigenvalue weighted by molar-refractivity contribution is 0.194. The molecule has 1 aliphatic heterocycles. The van der Waals surface area contributed by atoms with E-state index in [1.807, 2.05) is 0 Å². The minimum Gasteiger partial charge on any atom is -0.313 e. The van der Waals surface area contributed by atoms with Crippen molar-refractivity contribution in [3.05, 3.63) is 48.0 Å². The van der Waals surface area contributed by atoms with Gasteiger partial charge in [-0.3, -0.25) is 4.90 Å². The smallest absolute Gasteiger partial charge is 0.0237 e. The highest BCUT2D eigenvalue weighted by Crippen LogP contribution is 2.18. The fourth-order valence-corrected chi connectivity index (χ4v) is 3.23. The van der Waals surface area contributed by atoms with Crippen LogP contribution in [0.2, 0.25) is 0 Å². The fraction of sp³-hybridized carbons (Fsp3) is 0.474. The van der Waals surface area contributed by atoms with Gasteiger partial charge in [0, 0.05) is 25.2 Å². The topological polar surface area (TPSA) is 15.3 Å². The van der Waals surface area contributed by atoms with Gasteiger partial charge >= 0.3 is 0 Å². The first-order chi connectivity index (χ1) is 10.2. The van der Waals surface area contributed by atoms with Gasteiger partial charge in [-0.2, -0.15) is 0 Å². The zero-order chi connectivity index (χ0) is 14.7. The molecule has 3 rings (SSSR count). The molecule has 0 saturated carbocycles. The molecule has 21 heavy (non-hydrogen) atoms. The molecule has 1 saturated heterocycles. The molecular weight excluding hydrogens is 256 g/mol. The minimum absolute atomic E-state index is 0.582. The van der Waals surface area contributed by atoms with Crippen LogP contribution in [0.5, 0.6) is 0 Å². The van der Waals surface area contributed by atoms with E-state index in [2.05, 4.69) is 66.5 Å². The van der Waals surface area contributed by atoms with Crippen LogP contribution < -0.4 is 5.32 Å². The molecular formula is C19H26N2. The molecule has 1 aliphatic rings. The summed E-state index contributed by atoms with van der Waals surface area (Å²) >= 11 is 0. The summed E-state index contributed by atoms with van der Waals surface area (Å²) in [5, 5.41) is 6.29. The Labute approximate surface area is 128 Å². The zero-order valence-electron chi connectivity index (χ0n) is 13.2. The van der Waals surface area contributed by atoms with Gasteiger partial charge in [0.15, 0.2) is 0 Å². The SMILES string of the molecule is CC(C)N(Cc1ccc2ccccc2c1)CC1CCCN1. The summed E-state index contributed by atoms with van der Waals surface area (Å²) in [4.78, 5) is 2.59. The van der Waals surface area contributed by atoms with Crippen LogP contribution in [-0.4, -0.2) is 30.1 Å². The van der Waals surface area contributed by atoms with E-state index < -0.39 is 0 Å². The number of fused-ring (bicyclic) bond motifs is 1. The summed E-state index contributed by atoms with van der Waals surface area (Å²) in [5.74, 6) is 0. The Balaban J connectivity index is 1.73. The Bertz CT molecular complexity index is 585. The van der Waals surface area contributed by atoms with Crippen molar-refractivity contribution in [1.29, 1.82) is 0 Å². The van der Waals surface area contributed by atoms with Crippen molar-refractivity contribution >= 4 is 10.8 Å². The summed E-state index contributed by atoms with van der Waals surface area (Å²) in [6.45, 7) is 7.99. The predicted octanol–water partition coefficient (Wildman–Crippen LogP) is 3.80. The number of nitrogens with zero attached hydrogens (tertiary/aromatic N) is 1. The highest BCUT2D eigenvalue weighted by Gasteiger charge is 2.19. The van der Waals surface area contributed by atoms with Crippen LogP contribution in [0.25, 0.3) is 10.8 Å². The summed E-state index contributed by atoms with van der Waals surface area (Å²) in [5.41, 5.74) is 1.42. The Kier molecular flexibility index (Phi) is 4.57. The number of rotatable bonds is 5. The lowest BCUT2D eigenvalue weighted by Crippen LogP contribution is -2.40. The first-order valence-corrected chi connectivity index (χ1v) is 8.17. The van der Waals surface area contributed by atoms with Crippen molar-refractivity contribution in [2.45, 2.75) is 45.3 Å². The molecule has 1 atom stereocenters. The van der Waals surface area contributed by atoms with E-state index in [4.69, 9.17) is 0 Å². The van der Waals surface area contributed by atoms with E-state index in [0.29, 0.717) is 12.1 Å². The lowest BCUT2D eigenvalue weighted by Gasteiger charge is -2.29. The second-order valence-electron chi connectivity index (χ2n) is 6.50. The quantitative estimate of drug-likeness (QED) is 0.897.